The summed E-state index contributed by atoms with van der Waals surface area (Å²) in [6, 6.07) is 6.34. The smallest absolute Gasteiger partial charge is 0.0973 e. The van der Waals surface area contributed by atoms with Gasteiger partial charge in [0.2, 0.25) is 0 Å². The van der Waals surface area contributed by atoms with Gasteiger partial charge in [0.25, 0.3) is 0 Å². The Morgan fingerprint density at radius 3 is 2.93 bits per heavy atom. The van der Waals surface area contributed by atoms with Crippen LogP contribution in [0.25, 0.3) is 11.0 Å². The number of hydrogen-bond acceptors (Lipinski definition) is 2. The topological polar surface area (TPSA) is 52.5 Å². The third kappa shape index (κ3) is 1.27. The van der Waals surface area contributed by atoms with E-state index in [2.05, 4.69) is 32.0 Å². The fourth-order valence-corrected chi connectivity index (χ4v) is 2.14. The van der Waals surface area contributed by atoms with E-state index in [1.165, 1.54) is 0 Å². The summed E-state index contributed by atoms with van der Waals surface area (Å²) in [7, 11) is 0. The van der Waals surface area contributed by atoms with E-state index >= 15 is 0 Å². The number of nitrogens with zero attached hydrogens (tertiary/aromatic N) is 2. The van der Waals surface area contributed by atoms with E-state index in [4.69, 9.17) is 5.26 Å². The zero-order valence-corrected chi connectivity index (χ0v) is 9.50. The molecular formula is C11H8BrN3. The van der Waals surface area contributed by atoms with Crippen LogP contribution in [0.2, 0.25) is 0 Å². The number of halogens is 1. The van der Waals surface area contributed by atoms with Gasteiger partial charge in [-0.25, -0.2) is 0 Å². The van der Waals surface area contributed by atoms with Crippen LogP contribution < -0.4 is 0 Å². The number of nitriles is 1. The van der Waals surface area contributed by atoms with Crippen molar-refractivity contribution in [2.75, 3.05) is 0 Å². The van der Waals surface area contributed by atoms with E-state index in [-0.39, 0.29) is 5.41 Å². The van der Waals surface area contributed by atoms with Gasteiger partial charge in [0.1, 0.15) is 0 Å². The Kier molecular flexibility index (Phi) is 1.68. The molecule has 74 valence electrons. The summed E-state index contributed by atoms with van der Waals surface area (Å²) in [5.74, 6) is 0. The molecule has 0 atom stereocenters. The van der Waals surface area contributed by atoms with Crippen molar-refractivity contribution in [3.63, 3.8) is 0 Å². The lowest BCUT2D eigenvalue weighted by Crippen LogP contribution is -2.01. The molecule has 0 amide bonds. The highest BCUT2D eigenvalue weighted by atomic mass is 79.9. The van der Waals surface area contributed by atoms with E-state index < -0.39 is 0 Å². The fraction of sp³-hybridized carbons (Fsp3) is 0.273. The lowest BCUT2D eigenvalue weighted by atomic mass is 10.1. The quantitative estimate of drug-likeness (QED) is 0.859. The third-order valence-electron chi connectivity index (χ3n) is 2.92. The van der Waals surface area contributed by atoms with Crippen molar-refractivity contribution in [3.8, 4) is 6.07 Å². The Morgan fingerprint density at radius 1 is 1.47 bits per heavy atom. The number of pyridine rings is 1. The number of hydrogen-bond donors (Lipinski definition) is 1. The lowest BCUT2D eigenvalue weighted by Gasteiger charge is -1.99. The van der Waals surface area contributed by atoms with Crippen LogP contribution in [0.3, 0.4) is 0 Å². The summed E-state index contributed by atoms with van der Waals surface area (Å²) in [6.07, 6.45) is 3.68. The molecule has 0 radical (unpaired) electrons. The van der Waals surface area contributed by atoms with Crippen LogP contribution in [-0.2, 0) is 5.41 Å². The van der Waals surface area contributed by atoms with Crippen molar-refractivity contribution in [1.82, 2.24) is 9.97 Å². The second-order valence-electron chi connectivity index (χ2n) is 3.96. The van der Waals surface area contributed by atoms with Crippen molar-refractivity contribution in [2.24, 2.45) is 0 Å². The molecule has 3 rings (SSSR count). The van der Waals surface area contributed by atoms with Gasteiger partial charge in [-0.15, -0.1) is 0 Å². The Balaban J connectivity index is 2.19. The Morgan fingerprint density at radius 2 is 2.27 bits per heavy atom. The number of H-pyrrole nitrogens is 1. The number of rotatable bonds is 1. The predicted octanol–water partition coefficient (Wildman–Crippen LogP) is 2.88. The summed E-state index contributed by atoms with van der Waals surface area (Å²) in [6.45, 7) is 0. The minimum absolute atomic E-state index is 0.257. The van der Waals surface area contributed by atoms with Crippen molar-refractivity contribution in [3.05, 3.63) is 28.5 Å². The maximum absolute atomic E-state index is 9.09. The van der Waals surface area contributed by atoms with Crippen LogP contribution in [0.4, 0.5) is 0 Å². The molecule has 1 saturated carbocycles. The van der Waals surface area contributed by atoms with Gasteiger partial charge in [0.15, 0.2) is 0 Å². The molecule has 1 N–H and O–H groups in total. The highest BCUT2D eigenvalue weighted by Crippen LogP contribution is 2.47. The first kappa shape index (κ1) is 8.93. The zero-order chi connectivity index (χ0) is 10.5. The van der Waals surface area contributed by atoms with E-state index in [1.807, 2.05) is 12.1 Å². The Labute approximate surface area is 95.3 Å². The van der Waals surface area contributed by atoms with E-state index in [9.17, 15) is 0 Å². The lowest BCUT2D eigenvalue weighted by molar-refractivity contribution is 0.872. The van der Waals surface area contributed by atoms with Gasteiger partial charge >= 0.3 is 0 Å². The summed E-state index contributed by atoms with van der Waals surface area (Å²) in [4.78, 5) is 7.56. The molecular weight excluding hydrogens is 254 g/mol. The van der Waals surface area contributed by atoms with Crippen LogP contribution in [0.5, 0.6) is 0 Å². The second kappa shape index (κ2) is 2.83. The van der Waals surface area contributed by atoms with Gasteiger partial charge in [0, 0.05) is 16.4 Å². The molecule has 1 fully saturated rings. The van der Waals surface area contributed by atoms with E-state index in [0.717, 1.165) is 34.0 Å². The normalized spacial score (nSPS) is 17.6. The minimum atomic E-state index is -0.257. The van der Waals surface area contributed by atoms with Gasteiger partial charge in [0.05, 0.1) is 22.5 Å². The molecule has 0 bridgehead atoms. The van der Waals surface area contributed by atoms with Crippen molar-refractivity contribution in [2.45, 2.75) is 18.3 Å². The molecule has 3 nitrogen and oxygen atoms in total. The molecule has 2 heterocycles. The first-order valence-electron chi connectivity index (χ1n) is 4.79. The third-order valence-corrected chi connectivity index (χ3v) is 3.35. The minimum Gasteiger partial charge on any atom is -0.356 e. The molecule has 1 aliphatic carbocycles. The molecule has 15 heavy (non-hydrogen) atoms. The number of nitrogens with one attached hydrogen (secondary N) is 1. The van der Waals surface area contributed by atoms with Crippen LogP contribution in [-0.4, -0.2) is 9.97 Å². The molecule has 1 aliphatic rings. The summed E-state index contributed by atoms with van der Waals surface area (Å²) in [5, 5.41) is 9.09. The summed E-state index contributed by atoms with van der Waals surface area (Å²) < 4.78 is 0.949. The first-order valence-corrected chi connectivity index (χ1v) is 5.59. The van der Waals surface area contributed by atoms with Gasteiger partial charge in [-0.05, 0) is 40.9 Å². The van der Waals surface area contributed by atoms with Crippen LogP contribution in [0, 0.1) is 11.3 Å². The summed E-state index contributed by atoms with van der Waals surface area (Å²) >= 11 is 3.38. The molecule has 0 saturated heterocycles. The molecule has 2 aromatic heterocycles. The fourth-order valence-electron chi connectivity index (χ4n) is 1.81. The number of aromatic amines is 1. The molecule has 0 aromatic carbocycles. The first-order chi connectivity index (χ1) is 7.23. The average molecular weight is 262 g/mol. The second-order valence-corrected chi connectivity index (χ2v) is 4.88. The van der Waals surface area contributed by atoms with Crippen LogP contribution in [0.1, 0.15) is 18.5 Å². The monoisotopic (exact) mass is 261 g/mol. The maximum atomic E-state index is 9.09. The molecule has 0 spiro atoms. The Hall–Kier alpha value is -1.34. The van der Waals surface area contributed by atoms with Crippen molar-refractivity contribution in [1.29, 1.82) is 5.26 Å². The number of aromatic nitrogens is 2. The molecule has 0 aliphatic heterocycles. The van der Waals surface area contributed by atoms with Crippen LogP contribution in [0.15, 0.2) is 22.8 Å². The average Bonchev–Trinajstić information content (AvgIpc) is 2.93. The molecule has 2 aromatic rings. The van der Waals surface area contributed by atoms with Crippen LogP contribution >= 0.6 is 15.9 Å². The van der Waals surface area contributed by atoms with Gasteiger partial charge in [-0.1, -0.05) is 0 Å². The maximum Gasteiger partial charge on any atom is 0.0973 e. The zero-order valence-electron chi connectivity index (χ0n) is 7.92. The van der Waals surface area contributed by atoms with Crippen molar-refractivity contribution < 1.29 is 0 Å². The predicted molar refractivity (Wildman–Crippen MR) is 60.3 cm³/mol. The van der Waals surface area contributed by atoms with Gasteiger partial charge in [-0.3, -0.25) is 4.98 Å². The Bertz CT molecular complexity index is 575. The highest BCUT2D eigenvalue weighted by molar-refractivity contribution is 9.10. The standard InChI is InChI=1S/C11H8BrN3/c12-7-3-9-8(14-5-7)4-10(15-9)11(6-13)1-2-11/h3-5,15H,1-2H2. The van der Waals surface area contributed by atoms with Crippen molar-refractivity contribution >= 4 is 27.0 Å². The highest BCUT2D eigenvalue weighted by Gasteiger charge is 2.46. The molecule has 4 heteroatoms. The van der Waals surface area contributed by atoms with Gasteiger partial charge in [-0.2, -0.15) is 5.26 Å². The van der Waals surface area contributed by atoms with Gasteiger partial charge < -0.3 is 4.98 Å². The summed E-state index contributed by atoms with van der Waals surface area (Å²) in [5.41, 5.74) is 2.66. The molecule has 0 unspecified atom stereocenters. The SMILES string of the molecule is N#CC1(c2cc3ncc(Br)cc3[nH]2)CC1. The van der Waals surface area contributed by atoms with E-state index in [1.54, 1.807) is 6.20 Å². The number of fused-ring (bicyclic) bond motifs is 1. The largest absolute Gasteiger partial charge is 0.356 e. The van der Waals surface area contributed by atoms with E-state index in [0.29, 0.717) is 0 Å².